The smallest absolute Gasteiger partial charge is 1.00 e. The number of fused-ring (bicyclic) bond motifs is 1. The van der Waals surface area contributed by atoms with Gasteiger partial charge in [-0.25, -0.2) is 0 Å². The van der Waals surface area contributed by atoms with Crippen LogP contribution in [0.25, 0.3) is 10.9 Å². The second-order valence-corrected chi connectivity index (χ2v) is 3.51. The van der Waals surface area contributed by atoms with E-state index in [0.717, 1.165) is 16.5 Å². The van der Waals surface area contributed by atoms with Crippen LogP contribution in [0.1, 0.15) is 6.99 Å². The molecule has 0 aliphatic rings. The van der Waals surface area contributed by atoms with Gasteiger partial charge in [-0.3, -0.25) is 4.79 Å². The summed E-state index contributed by atoms with van der Waals surface area (Å²) in [6, 6.07) is 6.91. The van der Waals surface area contributed by atoms with Gasteiger partial charge in [0.15, 0.2) is 0 Å². The van der Waals surface area contributed by atoms with Crippen molar-refractivity contribution in [3.8, 4) is 0 Å². The maximum Gasteiger partial charge on any atom is 1.00 e. The molecule has 0 aliphatic heterocycles. The Kier molecular flexibility index (Phi) is 4.19. The number of aromatic amines is 1. The number of benzene rings is 1. The van der Waals surface area contributed by atoms with Gasteiger partial charge in [0.1, 0.15) is 6.04 Å². The number of aliphatic carboxylic acids is 1. The van der Waals surface area contributed by atoms with E-state index in [9.17, 15) is 4.79 Å². The molecule has 80 valence electrons. The Labute approximate surface area is 106 Å². The zero-order valence-electron chi connectivity index (χ0n) is 10.1. The van der Waals surface area contributed by atoms with E-state index >= 15 is 0 Å². The van der Waals surface area contributed by atoms with Gasteiger partial charge in [-0.05, 0) is 11.6 Å². The molecule has 2 aromatic rings. The Hall–Kier alpha value is -1.21. The molecule has 0 spiro atoms. The van der Waals surface area contributed by atoms with Crippen molar-refractivity contribution in [3.63, 3.8) is 0 Å². The summed E-state index contributed by atoms with van der Waals surface area (Å²) in [5, 5.41) is 9.75. The molecule has 1 unspecified atom stereocenters. The average Bonchev–Trinajstić information content (AvgIpc) is 2.62. The van der Waals surface area contributed by atoms with Crippen molar-refractivity contribution >= 4 is 16.9 Å². The number of hydrogen-bond acceptors (Lipinski definition) is 2. The van der Waals surface area contributed by atoms with Crippen LogP contribution in [0.4, 0.5) is 0 Å². The van der Waals surface area contributed by atoms with Crippen molar-refractivity contribution < 1.29 is 30.2 Å². The first kappa shape index (κ1) is 12.9. The van der Waals surface area contributed by atoms with Crippen LogP contribution in [-0.2, 0) is 11.2 Å². The van der Waals surface area contributed by atoms with Crippen molar-refractivity contribution in [2.24, 2.45) is 5.73 Å². The van der Waals surface area contributed by atoms with Gasteiger partial charge in [-0.15, -0.1) is 0 Å². The third-order valence-electron chi connectivity index (χ3n) is 2.43. The van der Waals surface area contributed by atoms with Crippen LogP contribution in [0.3, 0.4) is 0 Å². The quantitative estimate of drug-likeness (QED) is 0.527. The van der Waals surface area contributed by atoms with Crippen LogP contribution in [-0.4, -0.2) is 22.1 Å². The second-order valence-electron chi connectivity index (χ2n) is 3.51. The molecule has 4 N–H and O–H groups in total. The summed E-state index contributed by atoms with van der Waals surface area (Å²) in [4.78, 5) is 13.7. The SMILES string of the molecule is NC(Cc1c[nH]c2ccccc12)C(=O)O.[H-].[Li+]. The normalized spacial score (nSPS) is 12.1. The van der Waals surface area contributed by atoms with E-state index in [1.54, 1.807) is 0 Å². The van der Waals surface area contributed by atoms with E-state index < -0.39 is 12.0 Å². The van der Waals surface area contributed by atoms with Crippen molar-refractivity contribution in [2.45, 2.75) is 12.5 Å². The van der Waals surface area contributed by atoms with Gasteiger partial charge in [0.2, 0.25) is 0 Å². The second kappa shape index (κ2) is 5.22. The Morgan fingerprint density at radius 1 is 1.50 bits per heavy atom. The zero-order chi connectivity index (χ0) is 10.8. The van der Waals surface area contributed by atoms with Crippen LogP contribution in [0.2, 0.25) is 0 Å². The number of carboxylic acid groups (broad SMARTS) is 1. The van der Waals surface area contributed by atoms with Crippen LogP contribution in [0.15, 0.2) is 30.5 Å². The van der Waals surface area contributed by atoms with Gasteiger partial charge in [-0.1, -0.05) is 18.2 Å². The molecule has 0 saturated carbocycles. The predicted octanol–water partition coefficient (Wildman–Crippen LogP) is -1.76. The zero-order valence-corrected chi connectivity index (χ0v) is 9.10. The molecule has 5 heteroatoms. The van der Waals surface area contributed by atoms with Gasteiger partial charge in [0.05, 0.1) is 0 Å². The first-order chi connectivity index (χ1) is 7.18. The monoisotopic (exact) mass is 212 g/mol. The third kappa shape index (κ3) is 2.48. The topological polar surface area (TPSA) is 79.1 Å². The average molecular weight is 212 g/mol. The summed E-state index contributed by atoms with van der Waals surface area (Å²) in [7, 11) is 0. The largest absolute Gasteiger partial charge is 1.00 e. The van der Waals surface area contributed by atoms with Crippen LogP contribution in [0, 0.1) is 0 Å². The Morgan fingerprint density at radius 2 is 2.19 bits per heavy atom. The summed E-state index contributed by atoms with van der Waals surface area (Å²) in [6.45, 7) is 0. The van der Waals surface area contributed by atoms with Gasteiger partial charge in [-0.2, -0.15) is 0 Å². The van der Waals surface area contributed by atoms with E-state index in [4.69, 9.17) is 10.8 Å². The molecule has 0 bridgehead atoms. The number of H-pyrrole nitrogens is 1. The Bertz CT molecular complexity index is 501. The molecular weight excluding hydrogens is 199 g/mol. The molecule has 4 nitrogen and oxygen atoms in total. The van der Waals surface area contributed by atoms with E-state index in [0.29, 0.717) is 6.42 Å². The summed E-state index contributed by atoms with van der Waals surface area (Å²) in [5.74, 6) is -0.972. The maximum absolute atomic E-state index is 10.6. The van der Waals surface area contributed by atoms with E-state index in [1.807, 2.05) is 30.5 Å². The van der Waals surface area contributed by atoms with Gasteiger partial charge >= 0.3 is 24.8 Å². The number of hydrogen-bond donors (Lipinski definition) is 3. The van der Waals surface area contributed by atoms with Gasteiger partial charge in [0.25, 0.3) is 0 Å². The third-order valence-corrected chi connectivity index (χ3v) is 2.43. The van der Waals surface area contributed by atoms with E-state index in [2.05, 4.69) is 4.98 Å². The maximum atomic E-state index is 10.6. The first-order valence-electron chi connectivity index (χ1n) is 4.72. The van der Waals surface area contributed by atoms with Gasteiger partial charge < -0.3 is 17.3 Å². The minimum atomic E-state index is -0.972. The number of carboxylic acids is 1. The Balaban J connectivity index is 0.00000128. The summed E-state index contributed by atoms with van der Waals surface area (Å²) >= 11 is 0. The number of aromatic nitrogens is 1. The number of nitrogens with two attached hydrogens (primary N) is 1. The molecule has 1 aromatic carbocycles. The number of carbonyl (C=O) groups is 1. The van der Waals surface area contributed by atoms with Gasteiger partial charge in [0, 0.05) is 23.5 Å². The van der Waals surface area contributed by atoms with E-state index in [-0.39, 0.29) is 20.3 Å². The standard InChI is InChI=1S/C11H12N2O2.Li.H/c12-9(11(14)15)5-7-6-13-10-4-2-1-3-8(7)10;;/h1-4,6,9,13H,5,12H2,(H,14,15);;/q;+1;-1. The summed E-state index contributed by atoms with van der Waals surface area (Å²) < 4.78 is 0. The number of para-hydroxylation sites is 1. The summed E-state index contributed by atoms with van der Waals surface area (Å²) in [6.07, 6.45) is 2.16. The van der Waals surface area contributed by atoms with Crippen LogP contribution in [0.5, 0.6) is 0 Å². The Morgan fingerprint density at radius 3 is 2.88 bits per heavy atom. The molecule has 0 aliphatic carbocycles. The van der Waals surface area contributed by atoms with Crippen molar-refractivity contribution in [1.29, 1.82) is 0 Å². The van der Waals surface area contributed by atoms with Crippen molar-refractivity contribution in [2.75, 3.05) is 0 Å². The molecule has 0 radical (unpaired) electrons. The van der Waals surface area contributed by atoms with Crippen molar-refractivity contribution in [1.82, 2.24) is 4.98 Å². The summed E-state index contributed by atoms with van der Waals surface area (Å²) in [5.41, 5.74) is 7.43. The minimum Gasteiger partial charge on any atom is -1.00 e. The molecule has 0 amide bonds. The van der Waals surface area contributed by atoms with Crippen molar-refractivity contribution in [3.05, 3.63) is 36.0 Å². The molecule has 1 aromatic heterocycles. The molecule has 1 heterocycles. The molecule has 1 atom stereocenters. The predicted molar refractivity (Wildman–Crippen MR) is 58.7 cm³/mol. The first-order valence-corrected chi connectivity index (χ1v) is 4.72. The molecule has 0 saturated heterocycles. The fourth-order valence-corrected chi connectivity index (χ4v) is 1.62. The fourth-order valence-electron chi connectivity index (χ4n) is 1.62. The molecule has 2 rings (SSSR count). The van der Waals surface area contributed by atoms with E-state index in [1.165, 1.54) is 0 Å². The minimum absolute atomic E-state index is 0. The van der Waals surface area contributed by atoms with Crippen LogP contribution < -0.4 is 24.6 Å². The molecular formula is C11H13LiN2O2. The van der Waals surface area contributed by atoms with Crippen LogP contribution >= 0.6 is 0 Å². The molecule has 16 heavy (non-hydrogen) atoms. The number of nitrogens with one attached hydrogen (secondary N) is 1. The number of rotatable bonds is 3. The fraction of sp³-hybridized carbons (Fsp3) is 0.182. The molecule has 0 fully saturated rings.